The summed E-state index contributed by atoms with van der Waals surface area (Å²) in [6, 6.07) is 5.38. The SMILES string of the molecule is O=C(NCC[NH+]1CCOCC1)N[C@H]1CC(=O)N(c2cccc(F)c2)C1. The van der Waals surface area contributed by atoms with Gasteiger partial charge in [-0.1, -0.05) is 6.07 Å². The van der Waals surface area contributed by atoms with Crippen molar-refractivity contribution in [3.8, 4) is 0 Å². The number of hydrogen-bond acceptors (Lipinski definition) is 3. The van der Waals surface area contributed by atoms with Crippen molar-refractivity contribution in [1.82, 2.24) is 10.6 Å². The van der Waals surface area contributed by atoms with Crippen LogP contribution in [-0.2, 0) is 9.53 Å². The van der Waals surface area contributed by atoms with Gasteiger partial charge in [-0.2, -0.15) is 0 Å². The van der Waals surface area contributed by atoms with E-state index in [1.807, 2.05) is 0 Å². The van der Waals surface area contributed by atoms with Crippen LogP contribution in [0.4, 0.5) is 14.9 Å². The molecule has 3 rings (SSSR count). The molecule has 2 heterocycles. The Balaban J connectivity index is 1.42. The molecule has 0 unspecified atom stereocenters. The zero-order chi connectivity index (χ0) is 17.6. The number of carbonyl (C=O) groups is 2. The molecule has 2 aliphatic heterocycles. The van der Waals surface area contributed by atoms with Crippen molar-refractivity contribution in [3.05, 3.63) is 30.1 Å². The van der Waals surface area contributed by atoms with Crippen LogP contribution in [0.15, 0.2) is 24.3 Å². The number of quaternary nitrogens is 1. The van der Waals surface area contributed by atoms with Gasteiger partial charge in [-0.15, -0.1) is 0 Å². The van der Waals surface area contributed by atoms with Crippen LogP contribution in [0.3, 0.4) is 0 Å². The Morgan fingerprint density at radius 3 is 2.92 bits per heavy atom. The second-order valence-electron chi connectivity index (χ2n) is 6.40. The maximum absolute atomic E-state index is 13.3. The average Bonchev–Trinajstić information content (AvgIpc) is 2.96. The molecular weight excluding hydrogens is 327 g/mol. The topological polar surface area (TPSA) is 75.1 Å². The first-order chi connectivity index (χ1) is 12.1. The number of rotatable bonds is 5. The Morgan fingerprint density at radius 2 is 2.16 bits per heavy atom. The van der Waals surface area contributed by atoms with Crippen LogP contribution in [0.2, 0.25) is 0 Å². The second-order valence-corrected chi connectivity index (χ2v) is 6.40. The van der Waals surface area contributed by atoms with E-state index in [1.54, 1.807) is 12.1 Å². The fourth-order valence-electron chi connectivity index (χ4n) is 3.20. The average molecular weight is 351 g/mol. The van der Waals surface area contributed by atoms with Gasteiger partial charge in [-0.3, -0.25) is 4.79 Å². The van der Waals surface area contributed by atoms with E-state index in [0.29, 0.717) is 18.8 Å². The molecule has 3 N–H and O–H groups in total. The molecule has 0 saturated carbocycles. The van der Waals surface area contributed by atoms with Gasteiger partial charge in [0.2, 0.25) is 5.91 Å². The van der Waals surface area contributed by atoms with Gasteiger partial charge < -0.3 is 25.2 Å². The first kappa shape index (κ1) is 17.6. The zero-order valence-corrected chi connectivity index (χ0v) is 14.1. The molecule has 25 heavy (non-hydrogen) atoms. The lowest BCUT2D eigenvalue weighted by molar-refractivity contribution is -0.906. The van der Waals surface area contributed by atoms with Crippen molar-refractivity contribution >= 4 is 17.6 Å². The number of nitrogens with zero attached hydrogens (tertiary/aromatic N) is 1. The van der Waals surface area contributed by atoms with Crippen molar-refractivity contribution in [2.75, 3.05) is 50.8 Å². The van der Waals surface area contributed by atoms with Gasteiger partial charge in [-0.05, 0) is 18.2 Å². The van der Waals surface area contributed by atoms with Crippen LogP contribution in [0, 0.1) is 5.82 Å². The fraction of sp³-hybridized carbons (Fsp3) is 0.529. The minimum atomic E-state index is -0.384. The lowest BCUT2D eigenvalue weighted by atomic mass is 10.2. The van der Waals surface area contributed by atoms with E-state index < -0.39 is 0 Å². The third kappa shape index (κ3) is 4.90. The molecule has 2 saturated heterocycles. The lowest BCUT2D eigenvalue weighted by Gasteiger charge is -2.23. The number of morpholine rings is 1. The number of hydrogen-bond donors (Lipinski definition) is 3. The van der Waals surface area contributed by atoms with E-state index in [1.165, 1.54) is 21.9 Å². The molecule has 136 valence electrons. The summed E-state index contributed by atoms with van der Waals surface area (Å²) in [7, 11) is 0. The van der Waals surface area contributed by atoms with Gasteiger partial charge in [0, 0.05) is 18.7 Å². The van der Waals surface area contributed by atoms with E-state index in [2.05, 4.69) is 10.6 Å². The number of halogens is 1. The summed E-state index contributed by atoms with van der Waals surface area (Å²) in [5, 5.41) is 5.66. The summed E-state index contributed by atoms with van der Waals surface area (Å²) in [4.78, 5) is 27.0. The summed E-state index contributed by atoms with van der Waals surface area (Å²) in [6.45, 7) is 5.24. The van der Waals surface area contributed by atoms with Crippen molar-refractivity contribution in [3.63, 3.8) is 0 Å². The van der Waals surface area contributed by atoms with Gasteiger partial charge in [0.05, 0.1) is 32.3 Å². The largest absolute Gasteiger partial charge is 0.370 e. The van der Waals surface area contributed by atoms with E-state index in [0.717, 1.165) is 32.8 Å². The highest BCUT2D eigenvalue weighted by Gasteiger charge is 2.31. The number of ether oxygens (including phenoxy) is 1. The third-order valence-electron chi connectivity index (χ3n) is 4.54. The second kappa shape index (κ2) is 8.26. The summed E-state index contributed by atoms with van der Waals surface area (Å²) in [6.07, 6.45) is 0.221. The number of benzene rings is 1. The van der Waals surface area contributed by atoms with Crippen LogP contribution >= 0.6 is 0 Å². The summed E-state index contributed by atoms with van der Waals surface area (Å²) in [5.74, 6) is -0.501. The third-order valence-corrected chi connectivity index (χ3v) is 4.54. The Hall–Kier alpha value is -2.19. The minimum Gasteiger partial charge on any atom is -0.370 e. The predicted octanol–water partition coefficient (Wildman–Crippen LogP) is -0.855. The van der Waals surface area contributed by atoms with Gasteiger partial charge in [0.25, 0.3) is 0 Å². The molecule has 7 nitrogen and oxygen atoms in total. The Labute approximate surface area is 146 Å². The molecule has 1 aromatic rings. The van der Waals surface area contributed by atoms with Crippen LogP contribution in [0.25, 0.3) is 0 Å². The molecule has 0 aromatic heterocycles. The highest BCUT2D eigenvalue weighted by atomic mass is 19.1. The highest BCUT2D eigenvalue weighted by molar-refractivity contribution is 5.96. The molecular formula is C17H24FN4O3+. The van der Waals surface area contributed by atoms with Gasteiger partial charge in [0.1, 0.15) is 18.9 Å². The fourth-order valence-corrected chi connectivity index (χ4v) is 3.20. The maximum atomic E-state index is 13.3. The van der Waals surface area contributed by atoms with E-state index in [-0.39, 0.29) is 30.2 Å². The lowest BCUT2D eigenvalue weighted by Crippen LogP contribution is -3.14. The van der Waals surface area contributed by atoms with E-state index in [9.17, 15) is 14.0 Å². The quantitative estimate of drug-likeness (QED) is 0.647. The summed E-state index contributed by atoms with van der Waals surface area (Å²) >= 11 is 0. The number of anilines is 1. The van der Waals surface area contributed by atoms with Crippen LogP contribution in [0.5, 0.6) is 0 Å². The molecule has 3 amide bonds. The van der Waals surface area contributed by atoms with Crippen molar-refractivity contribution in [2.24, 2.45) is 0 Å². The van der Waals surface area contributed by atoms with Crippen LogP contribution < -0.4 is 20.4 Å². The van der Waals surface area contributed by atoms with Gasteiger partial charge >= 0.3 is 6.03 Å². The van der Waals surface area contributed by atoms with Gasteiger partial charge in [-0.25, -0.2) is 9.18 Å². The normalized spacial score (nSPS) is 21.4. The first-order valence-electron chi connectivity index (χ1n) is 8.63. The summed E-state index contributed by atoms with van der Waals surface area (Å²) < 4.78 is 18.6. The van der Waals surface area contributed by atoms with E-state index in [4.69, 9.17) is 4.74 Å². The number of amides is 3. The molecule has 1 aromatic carbocycles. The predicted molar refractivity (Wildman–Crippen MR) is 90.1 cm³/mol. The van der Waals surface area contributed by atoms with Crippen LogP contribution in [-0.4, -0.2) is 63.9 Å². The van der Waals surface area contributed by atoms with Crippen molar-refractivity contribution < 1.29 is 23.6 Å². The Bertz CT molecular complexity index is 622. The van der Waals surface area contributed by atoms with E-state index >= 15 is 0 Å². The molecule has 1 atom stereocenters. The zero-order valence-electron chi connectivity index (χ0n) is 14.1. The molecule has 2 aliphatic rings. The Kier molecular flexibility index (Phi) is 5.83. The molecule has 8 heteroatoms. The molecule has 0 spiro atoms. The van der Waals surface area contributed by atoms with Crippen LogP contribution in [0.1, 0.15) is 6.42 Å². The monoisotopic (exact) mass is 351 g/mol. The standard InChI is InChI=1S/C17H23FN4O3/c18-13-2-1-3-15(10-13)22-12-14(11-16(22)23)20-17(24)19-4-5-21-6-8-25-9-7-21/h1-3,10,14H,4-9,11-12H2,(H2,19,20,24)/p+1/t14-/m0/s1. The molecule has 2 fully saturated rings. The molecule has 0 bridgehead atoms. The smallest absolute Gasteiger partial charge is 0.315 e. The Morgan fingerprint density at radius 1 is 1.36 bits per heavy atom. The molecule has 0 radical (unpaired) electrons. The maximum Gasteiger partial charge on any atom is 0.315 e. The number of carbonyl (C=O) groups excluding carboxylic acids is 2. The number of urea groups is 1. The van der Waals surface area contributed by atoms with Crippen molar-refractivity contribution in [1.29, 1.82) is 0 Å². The summed E-state index contributed by atoms with van der Waals surface area (Å²) in [5.41, 5.74) is 0.519. The van der Waals surface area contributed by atoms with Gasteiger partial charge in [0.15, 0.2) is 0 Å². The highest BCUT2D eigenvalue weighted by Crippen LogP contribution is 2.22. The number of nitrogens with one attached hydrogen (secondary N) is 3. The minimum absolute atomic E-state index is 0.117. The first-order valence-corrected chi connectivity index (χ1v) is 8.63. The van der Waals surface area contributed by atoms with Crippen molar-refractivity contribution in [2.45, 2.75) is 12.5 Å². The molecule has 0 aliphatic carbocycles.